The summed E-state index contributed by atoms with van der Waals surface area (Å²) < 4.78 is 0.828. The zero-order chi connectivity index (χ0) is 9.26. The summed E-state index contributed by atoms with van der Waals surface area (Å²) in [7, 11) is 0. The van der Waals surface area contributed by atoms with Gasteiger partial charge in [0.2, 0.25) is 0 Å². The Morgan fingerprint density at radius 3 is 2.77 bits per heavy atom. The minimum absolute atomic E-state index is 0.137. The van der Waals surface area contributed by atoms with Gasteiger partial charge in [-0.1, -0.05) is 11.6 Å². The molecule has 4 heteroatoms. The molecule has 0 spiro atoms. The van der Waals surface area contributed by atoms with Crippen molar-refractivity contribution in [2.24, 2.45) is 5.73 Å². The number of nitrogens with two attached hydrogens (primary N) is 1. The van der Waals surface area contributed by atoms with Crippen molar-refractivity contribution in [2.75, 3.05) is 19.6 Å². The Labute approximate surface area is 87.3 Å². The van der Waals surface area contributed by atoms with E-state index in [0.29, 0.717) is 0 Å². The number of likely N-dealkylation sites (tertiary alicyclic amines) is 1. The van der Waals surface area contributed by atoms with E-state index in [-0.39, 0.29) is 6.04 Å². The first-order chi connectivity index (χ1) is 6.25. The molecule has 1 aromatic heterocycles. The number of halogens is 1. The molecule has 1 aliphatic rings. The molecule has 0 aromatic carbocycles. The van der Waals surface area contributed by atoms with Crippen molar-refractivity contribution in [1.29, 1.82) is 0 Å². The molecule has 2 nitrogen and oxygen atoms in total. The molecule has 1 aliphatic heterocycles. The summed E-state index contributed by atoms with van der Waals surface area (Å²) in [4.78, 5) is 3.56. The summed E-state index contributed by atoms with van der Waals surface area (Å²) >= 11 is 7.42. The molecule has 72 valence electrons. The third-order valence-electron chi connectivity index (χ3n) is 2.36. The maximum atomic E-state index is 6.03. The fourth-order valence-electron chi connectivity index (χ4n) is 1.46. The van der Waals surface area contributed by atoms with Gasteiger partial charge < -0.3 is 10.6 Å². The zero-order valence-electron chi connectivity index (χ0n) is 7.37. The van der Waals surface area contributed by atoms with Gasteiger partial charge in [-0.2, -0.15) is 0 Å². The normalized spacial score (nSPS) is 19.8. The second kappa shape index (κ2) is 3.96. The van der Waals surface area contributed by atoms with Crippen molar-refractivity contribution < 1.29 is 0 Å². The van der Waals surface area contributed by atoms with Gasteiger partial charge in [0.1, 0.15) is 0 Å². The van der Waals surface area contributed by atoms with Crippen molar-refractivity contribution in [3.63, 3.8) is 0 Å². The summed E-state index contributed by atoms with van der Waals surface area (Å²) in [5.41, 5.74) is 6.03. The molecule has 2 N–H and O–H groups in total. The fourth-order valence-corrected chi connectivity index (χ4v) is 2.51. The SMILES string of the molecule is NC(CN1CCC1)c1ccc(Cl)s1. The lowest BCUT2D eigenvalue weighted by atomic mass is 10.1. The fraction of sp³-hybridized carbons (Fsp3) is 0.556. The topological polar surface area (TPSA) is 29.3 Å². The molecule has 0 radical (unpaired) electrons. The van der Waals surface area contributed by atoms with E-state index in [1.807, 2.05) is 12.1 Å². The highest BCUT2D eigenvalue weighted by atomic mass is 35.5. The van der Waals surface area contributed by atoms with Crippen molar-refractivity contribution in [3.8, 4) is 0 Å². The average molecular weight is 217 g/mol. The van der Waals surface area contributed by atoms with Crippen molar-refractivity contribution in [1.82, 2.24) is 4.90 Å². The van der Waals surface area contributed by atoms with Gasteiger partial charge in [-0.05, 0) is 31.6 Å². The zero-order valence-corrected chi connectivity index (χ0v) is 8.94. The Balaban J connectivity index is 1.92. The third-order valence-corrected chi connectivity index (χ3v) is 3.73. The minimum atomic E-state index is 0.137. The Bertz CT molecular complexity index is 283. The summed E-state index contributed by atoms with van der Waals surface area (Å²) in [6.45, 7) is 3.37. The lowest BCUT2D eigenvalue weighted by molar-refractivity contribution is 0.171. The third kappa shape index (κ3) is 2.23. The van der Waals surface area contributed by atoms with Crippen LogP contribution in [0.3, 0.4) is 0 Å². The van der Waals surface area contributed by atoms with E-state index in [4.69, 9.17) is 17.3 Å². The standard InChI is InChI=1S/C9H13ClN2S/c10-9-3-2-8(13-9)7(11)6-12-4-1-5-12/h2-3,7H,1,4-6,11H2. The second-order valence-corrected chi connectivity index (χ2v) is 5.15. The van der Waals surface area contributed by atoms with E-state index in [9.17, 15) is 0 Å². The molecular weight excluding hydrogens is 204 g/mol. The van der Waals surface area contributed by atoms with Crippen molar-refractivity contribution >= 4 is 22.9 Å². The van der Waals surface area contributed by atoms with E-state index >= 15 is 0 Å². The summed E-state index contributed by atoms with van der Waals surface area (Å²) in [6, 6.07) is 4.08. The van der Waals surface area contributed by atoms with Gasteiger partial charge >= 0.3 is 0 Å². The number of rotatable bonds is 3. The van der Waals surface area contributed by atoms with E-state index in [1.165, 1.54) is 24.4 Å². The van der Waals surface area contributed by atoms with Gasteiger partial charge in [0.15, 0.2) is 0 Å². The maximum Gasteiger partial charge on any atom is 0.0931 e. The van der Waals surface area contributed by atoms with Gasteiger partial charge in [0.25, 0.3) is 0 Å². The van der Waals surface area contributed by atoms with E-state index in [2.05, 4.69) is 4.90 Å². The molecule has 13 heavy (non-hydrogen) atoms. The molecule has 1 aromatic rings. The number of thiophene rings is 1. The van der Waals surface area contributed by atoms with Gasteiger partial charge in [-0.25, -0.2) is 0 Å². The number of nitrogens with zero attached hydrogens (tertiary/aromatic N) is 1. The summed E-state index contributed by atoms with van der Waals surface area (Å²) in [6.07, 6.45) is 1.32. The van der Waals surface area contributed by atoms with Crippen molar-refractivity contribution in [3.05, 3.63) is 21.3 Å². The molecule has 1 fully saturated rings. The highest BCUT2D eigenvalue weighted by Gasteiger charge is 2.18. The smallest absolute Gasteiger partial charge is 0.0931 e. The van der Waals surface area contributed by atoms with Gasteiger partial charge in [-0.15, -0.1) is 11.3 Å². The Kier molecular flexibility index (Phi) is 2.89. The molecule has 2 heterocycles. The molecule has 0 amide bonds. The van der Waals surface area contributed by atoms with Crippen LogP contribution in [0.2, 0.25) is 4.34 Å². The van der Waals surface area contributed by atoms with Gasteiger partial charge in [0, 0.05) is 11.4 Å². The number of hydrogen-bond donors (Lipinski definition) is 1. The van der Waals surface area contributed by atoms with Crippen molar-refractivity contribution in [2.45, 2.75) is 12.5 Å². The second-order valence-electron chi connectivity index (χ2n) is 3.40. The molecule has 0 aliphatic carbocycles. The Morgan fingerprint density at radius 1 is 1.54 bits per heavy atom. The average Bonchev–Trinajstić information content (AvgIpc) is 2.44. The first-order valence-corrected chi connectivity index (χ1v) is 5.68. The molecule has 1 saturated heterocycles. The van der Waals surface area contributed by atoms with Crippen LogP contribution < -0.4 is 5.73 Å². The van der Waals surface area contributed by atoms with E-state index in [1.54, 1.807) is 11.3 Å². The lowest BCUT2D eigenvalue weighted by Gasteiger charge is -2.32. The summed E-state index contributed by atoms with van der Waals surface area (Å²) in [5.74, 6) is 0. The van der Waals surface area contributed by atoms with Crippen LogP contribution >= 0.6 is 22.9 Å². The lowest BCUT2D eigenvalue weighted by Crippen LogP contribution is -2.41. The van der Waals surface area contributed by atoms with Crippen LogP contribution in [0.1, 0.15) is 17.3 Å². The van der Waals surface area contributed by atoms with Crippen LogP contribution in [0.25, 0.3) is 0 Å². The van der Waals surface area contributed by atoms with E-state index in [0.717, 1.165) is 10.9 Å². The summed E-state index contributed by atoms with van der Waals surface area (Å²) in [5, 5.41) is 0. The largest absolute Gasteiger partial charge is 0.322 e. The highest BCUT2D eigenvalue weighted by Crippen LogP contribution is 2.26. The Hall–Kier alpha value is -0.0900. The van der Waals surface area contributed by atoms with Crippen LogP contribution in [0.15, 0.2) is 12.1 Å². The quantitative estimate of drug-likeness (QED) is 0.839. The van der Waals surface area contributed by atoms with E-state index < -0.39 is 0 Å². The monoisotopic (exact) mass is 216 g/mol. The van der Waals surface area contributed by atoms with Crippen LogP contribution in [0, 0.1) is 0 Å². The predicted molar refractivity (Wildman–Crippen MR) is 57.3 cm³/mol. The molecule has 0 saturated carbocycles. The van der Waals surface area contributed by atoms with Crippen LogP contribution in [0.5, 0.6) is 0 Å². The molecular formula is C9H13ClN2S. The first kappa shape index (κ1) is 9.46. The molecule has 0 bridgehead atoms. The highest BCUT2D eigenvalue weighted by molar-refractivity contribution is 7.16. The minimum Gasteiger partial charge on any atom is -0.322 e. The van der Waals surface area contributed by atoms with Crippen LogP contribution in [0.4, 0.5) is 0 Å². The molecule has 1 atom stereocenters. The molecule has 2 rings (SSSR count). The molecule has 1 unspecified atom stereocenters. The number of hydrogen-bond acceptors (Lipinski definition) is 3. The van der Waals surface area contributed by atoms with Gasteiger partial charge in [-0.3, -0.25) is 0 Å². The van der Waals surface area contributed by atoms with Crippen LogP contribution in [-0.2, 0) is 0 Å². The van der Waals surface area contributed by atoms with Gasteiger partial charge in [0.05, 0.1) is 10.4 Å². The maximum absolute atomic E-state index is 6.03. The first-order valence-electron chi connectivity index (χ1n) is 4.49. The predicted octanol–water partition coefficient (Wildman–Crippen LogP) is 2.11. The van der Waals surface area contributed by atoms with Crippen LogP contribution in [-0.4, -0.2) is 24.5 Å². The Morgan fingerprint density at radius 2 is 2.31 bits per heavy atom.